The van der Waals surface area contributed by atoms with Crippen LogP contribution in [0.15, 0.2) is 46.9 Å². The average Bonchev–Trinajstić information content (AvgIpc) is 2.33. The molecule has 0 aliphatic carbocycles. The molecule has 0 unspecified atom stereocenters. The molecule has 0 bridgehead atoms. The van der Waals surface area contributed by atoms with Crippen LogP contribution >= 0.6 is 15.9 Å². The van der Waals surface area contributed by atoms with Crippen LogP contribution in [-0.2, 0) is 0 Å². The third kappa shape index (κ3) is 3.05. The summed E-state index contributed by atoms with van der Waals surface area (Å²) in [6.07, 6.45) is 0. The van der Waals surface area contributed by atoms with Crippen molar-refractivity contribution in [3.8, 4) is 0 Å². The molecular formula is C15H17BrN2. The molecule has 2 aromatic carbocycles. The predicted octanol–water partition coefficient (Wildman–Crippen LogP) is 4.90. The Hall–Kier alpha value is -1.48. The second kappa shape index (κ2) is 5.44. The molecule has 0 atom stereocenters. The van der Waals surface area contributed by atoms with E-state index in [0.29, 0.717) is 5.92 Å². The molecule has 0 aliphatic rings. The van der Waals surface area contributed by atoms with Gasteiger partial charge in [-0.2, -0.15) is 0 Å². The molecule has 3 heteroatoms. The number of nitrogens with one attached hydrogen (secondary N) is 1. The standard InChI is InChI=1S/C15H17BrN2/c1-10(2)11-4-3-5-13(8-11)18-15-7-6-12(17)9-14(15)16/h3-10,18H,17H2,1-2H3. The molecule has 2 nitrogen and oxygen atoms in total. The molecule has 0 saturated heterocycles. The Morgan fingerprint density at radius 1 is 1.11 bits per heavy atom. The van der Waals surface area contributed by atoms with E-state index < -0.39 is 0 Å². The van der Waals surface area contributed by atoms with Gasteiger partial charge in [0.15, 0.2) is 0 Å². The van der Waals surface area contributed by atoms with Gasteiger partial charge in [-0.25, -0.2) is 0 Å². The first-order valence-electron chi connectivity index (χ1n) is 5.98. The van der Waals surface area contributed by atoms with Gasteiger partial charge in [0.25, 0.3) is 0 Å². The molecule has 0 spiro atoms. The van der Waals surface area contributed by atoms with Gasteiger partial charge < -0.3 is 11.1 Å². The monoisotopic (exact) mass is 304 g/mol. The smallest absolute Gasteiger partial charge is 0.0530 e. The zero-order valence-electron chi connectivity index (χ0n) is 10.6. The maximum Gasteiger partial charge on any atom is 0.0530 e. The van der Waals surface area contributed by atoms with Crippen LogP contribution in [0, 0.1) is 0 Å². The molecule has 94 valence electrons. The van der Waals surface area contributed by atoms with Crippen LogP contribution in [0.1, 0.15) is 25.3 Å². The van der Waals surface area contributed by atoms with Crippen molar-refractivity contribution < 1.29 is 0 Å². The fourth-order valence-corrected chi connectivity index (χ4v) is 2.26. The summed E-state index contributed by atoms with van der Waals surface area (Å²) < 4.78 is 0.970. The third-order valence-electron chi connectivity index (χ3n) is 2.83. The lowest BCUT2D eigenvalue weighted by Gasteiger charge is -2.12. The number of benzene rings is 2. The van der Waals surface area contributed by atoms with Crippen molar-refractivity contribution in [3.05, 3.63) is 52.5 Å². The van der Waals surface area contributed by atoms with Crippen LogP contribution in [0.25, 0.3) is 0 Å². The Labute approximate surface area is 116 Å². The van der Waals surface area contributed by atoms with E-state index in [1.807, 2.05) is 18.2 Å². The quantitative estimate of drug-likeness (QED) is 0.792. The maximum atomic E-state index is 5.73. The van der Waals surface area contributed by atoms with Crippen molar-refractivity contribution in [2.75, 3.05) is 11.1 Å². The molecule has 2 rings (SSSR count). The number of anilines is 3. The predicted molar refractivity (Wildman–Crippen MR) is 82.4 cm³/mol. The van der Waals surface area contributed by atoms with Crippen molar-refractivity contribution in [1.82, 2.24) is 0 Å². The molecule has 0 amide bonds. The largest absolute Gasteiger partial charge is 0.399 e. The molecule has 2 aromatic rings. The number of hydrogen-bond donors (Lipinski definition) is 2. The van der Waals surface area contributed by atoms with E-state index in [-0.39, 0.29) is 0 Å². The Morgan fingerprint density at radius 3 is 2.56 bits per heavy atom. The lowest BCUT2D eigenvalue weighted by Crippen LogP contribution is -1.95. The molecule has 0 aliphatic heterocycles. The van der Waals surface area contributed by atoms with E-state index in [1.165, 1.54) is 5.56 Å². The summed E-state index contributed by atoms with van der Waals surface area (Å²) in [6, 6.07) is 14.2. The van der Waals surface area contributed by atoms with Crippen molar-refractivity contribution in [2.45, 2.75) is 19.8 Å². The summed E-state index contributed by atoms with van der Waals surface area (Å²) in [5.41, 5.74) is 9.91. The number of rotatable bonds is 3. The van der Waals surface area contributed by atoms with Crippen LogP contribution in [0.3, 0.4) is 0 Å². The SMILES string of the molecule is CC(C)c1cccc(Nc2ccc(N)cc2Br)c1. The van der Waals surface area contributed by atoms with Crippen molar-refractivity contribution in [3.63, 3.8) is 0 Å². The van der Waals surface area contributed by atoms with Crippen LogP contribution in [-0.4, -0.2) is 0 Å². The van der Waals surface area contributed by atoms with Crippen molar-refractivity contribution in [1.29, 1.82) is 0 Å². The number of halogens is 1. The normalized spacial score (nSPS) is 10.7. The Morgan fingerprint density at radius 2 is 1.89 bits per heavy atom. The van der Waals surface area contributed by atoms with Gasteiger partial charge in [0.2, 0.25) is 0 Å². The van der Waals surface area contributed by atoms with E-state index in [4.69, 9.17) is 5.73 Å². The van der Waals surface area contributed by atoms with Crippen LogP contribution in [0.2, 0.25) is 0 Å². The number of nitrogens with two attached hydrogens (primary N) is 1. The zero-order valence-corrected chi connectivity index (χ0v) is 12.2. The molecule has 0 fully saturated rings. The highest BCUT2D eigenvalue weighted by Gasteiger charge is 2.03. The molecule has 3 N–H and O–H groups in total. The minimum absolute atomic E-state index is 0.529. The van der Waals surface area contributed by atoms with E-state index in [1.54, 1.807) is 0 Å². The number of hydrogen-bond acceptors (Lipinski definition) is 2. The highest BCUT2D eigenvalue weighted by Crippen LogP contribution is 2.28. The first kappa shape index (κ1) is 13.0. The highest BCUT2D eigenvalue weighted by molar-refractivity contribution is 9.10. The zero-order chi connectivity index (χ0) is 13.1. The maximum absolute atomic E-state index is 5.73. The fourth-order valence-electron chi connectivity index (χ4n) is 1.76. The third-order valence-corrected chi connectivity index (χ3v) is 3.48. The van der Waals surface area contributed by atoms with Crippen molar-refractivity contribution >= 4 is 33.0 Å². The van der Waals surface area contributed by atoms with Crippen LogP contribution in [0.4, 0.5) is 17.1 Å². The second-order valence-electron chi connectivity index (χ2n) is 4.64. The highest BCUT2D eigenvalue weighted by atomic mass is 79.9. The summed E-state index contributed by atoms with van der Waals surface area (Å²) in [5, 5.41) is 3.39. The van der Waals surface area contributed by atoms with Gasteiger partial charge in [0.1, 0.15) is 0 Å². The molecule has 18 heavy (non-hydrogen) atoms. The van der Waals surface area contributed by atoms with E-state index in [2.05, 4.69) is 59.4 Å². The van der Waals surface area contributed by atoms with E-state index >= 15 is 0 Å². The molecule has 0 saturated carbocycles. The summed E-state index contributed by atoms with van der Waals surface area (Å²) in [6.45, 7) is 4.39. The van der Waals surface area contributed by atoms with Crippen LogP contribution in [0.5, 0.6) is 0 Å². The number of nitrogen functional groups attached to an aromatic ring is 1. The van der Waals surface area contributed by atoms with Gasteiger partial charge in [-0.3, -0.25) is 0 Å². The lowest BCUT2D eigenvalue weighted by molar-refractivity contribution is 0.867. The summed E-state index contributed by atoms with van der Waals surface area (Å²) in [7, 11) is 0. The van der Waals surface area contributed by atoms with Crippen molar-refractivity contribution in [2.24, 2.45) is 0 Å². The minimum atomic E-state index is 0.529. The Balaban J connectivity index is 2.25. The topological polar surface area (TPSA) is 38.0 Å². The van der Waals surface area contributed by atoms with Gasteiger partial charge in [0.05, 0.1) is 5.69 Å². The molecule has 0 radical (unpaired) electrons. The molecule has 0 aromatic heterocycles. The summed E-state index contributed by atoms with van der Waals surface area (Å²) in [4.78, 5) is 0. The molecule has 0 heterocycles. The second-order valence-corrected chi connectivity index (χ2v) is 5.50. The van der Waals surface area contributed by atoms with Gasteiger partial charge in [-0.15, -0.1) is 0 Å². The Kier molecular flexibility index (Phi) is 3.92. The Bertz CT molecular complexity index is 550. The summed E-state index contributed by atoms with van der Waals surface area (Å²) in [5.74, 6) is 0.529. The lowest BCUT2D eigenvalue weighted by atomic mass is 10.0. The van der Waals surface area contributed by atoms with E-state index in [0.717, 1.165) is 21.5 Å². The van der Waals surface area contributed by atoms with Crippen LogP contribution < -0.4 is 11.1 Å². The first-order chi connectivity index (χ1) is 8.56. The van der Waals surface area contributed by atoms with Gasteiger partial charge in [0, 0.05) is 15.8 Å². The van der Waals surface area contributed by atoms with Gasteiger partial charge >= 0.3 is 0 Å². The fraction of sp³-hybridized carbons (Fsp3) is 0.200. The first-order valence-corrected chi connectivity index (χ1v) is 6.77. The average molecular weight is 305 g/mol. The van der Waals surface area contributed by atoms with Gasteiger partial charge in [-0.1, -0.05) is 26.0 Å². The summed E-state index contributed by atoms with van der Waals surface area (Å²) >= 11 is 3.51. The minimum Gasteiger partial charge on any atom is -0.399 e. The van der Waals surface area contributed by atoms with Gasteiger partial charge in [-0.05, 0) is 57.7 Å². The molecular weight excluding hydrogens is 288 g/mol. The van der Waals surface area contributed by atoms with E-state index in [9.17, 15) is 0 Å².